The van der Waals surface area contributed by atoms with Crippen LogP contribution in [-0.2, 0) is 22.0 Å². The van der Waals surface area contributed by atoms with Crippen LogP contribution in [0.2, 0.25) is 0 Å². The minimum atomic E-state index is -3.56. The van der Waals surface area contributed by atoms with Crippen LogP contribution in [0.5, 0.6) is 5.75 Å². The molecule has 0 saturated heterocycles. The summed E-state index contributed by atoms with van der Waals surface area (Å²) in [5, 5.41) is 10.5. The smallest absolute Gasteiger partial charge is 0.306 e. The third kappa shape index (κ3) is 6.11. The minimum Gasteiger partial charge on any atom is -0.393 e. The normalized spacial score (nSPS) is 14.0. The zero-order valence-electron chi connectivity index (χ0n) is 20.2. The molecule has 0 radical (unpaired) electrons. The van der Waals surface area contributed by atoms with Gasteiger partial charge in [-0.2, -0.15) is 8.42 Å². The third-order valence-corrected chi connectivity index (χ3v) is 8.30. The Labute approximate surface area is 192 Å². The maximum Gasteiger partial charge on any atom is 0.306 e. The quantitative estimate of drug-likeness (QED) is 0.450. The lowest BCUT2D eigenvalue weighted by molar-refractivity contribution is 0.0561. The molecule has 0 saturated carbocycles. The summed E-state index contributed by atoms with van der Waals surface area (Å²) in [4.78, 5) is 2.66. The van der Waals surface area contributed by atoms with Crippen molar-refractivity contribution in [3.8, 4) is 5.75 Å². The second kappa shape index (κ2) is 9.63. The van der Waals surface area contributed by atoms with E-state index in [-0.39, 0.29) is 16.9 Å². The van der Waals surface area contributed by atoms with E-state index in [1.54, 1.807) is 6.07 Å². The number of hydrogen-bond donors (Lipinski definition) is 1. The Bertz CT molecular complexity index is 993. The first-order valence-corrected chi connectivity index (χ1v) is 13.6. The topological polar surface area (TPSA) is 63.6 Å². The number of aryl methyl sites for hydroxylation is 3. The molecule has 1 atom stereocenters. The van der Waals surface area contributed by atoms with Gasteiger partial charge in [0, 0.05) is 15.2 Å². The predicted molar refractivity (Wildman–Crippen MR) is 131 cm³/mol. The van der Waals surface area contributed by atoms with E-state index < -0.39 is 10.1 Å². The standard InChI is InChI=1S/C25H38O4S2/c1-9-25(10-2,19-11-12-20(17(3)15-19)29-31(8,27)28)23-16-18(4)21(30-23)13-14-22(26)24(5,6)7/h11-12,15-16,22,26H,9-10,13-14H2,1-8H3. The summed E-state index contributed by atoms with van der Waals surface area (Å²) < 4.78 is 28.2. The Hall–Kier alpha value is -1.37. The molecule has 0 aliphatic heterocycles. The van der Waals surface area contributed by atoms with Crippen LogP contribution in [0.1, 0.15) is 80.3 Å². The van der Waals surface area contributed by atoms with E-state index in [1.165, 1.54) is 20.9 Å². The summed E-state index contributed by atoms with van der Waals surface area (Å²) in [5.74, 6) is 0.381. The van der Waals surface area contributed by atoms with Crippen molar-refractivity contribution in [2.45, 2.75) is 85.7 Å². The number of aliphatic hydroxyl groups excluding tert-OH is 1. The van der Waals surface area contributed by atoms with Gasteiger partial charge in [0.25, 0.3) is 0 Å². The van der Waals surface area contributed by atoms with Crippen molar-refractivity contribution in [2.24, 2.45) is 5.41 Å². The largest absolute Gasteiger partial charge is 0.393 e. The van der Waals surface area contributed by atoms with E-state index >= 15 is 0 Å². The van der Waals surface area contributed by atoms with Crippen molar-refractivity contribution in [1.82, 2.24) is 0 Å². The Kier molecular flexibility index (Phi) is 8.05. The molecule has 0 aliphatic rings. The van der Waals surface area contributed by atoms with E-state index in [0.717, 1.165) is 37.5 Å². The van der Waals surface area contributed by atoms with Crippen molar-refractivity contribution in [1.29, 1.82) is 0 Å². The highest BCUT2D eigenvalue weighted by Gasteiger charge is 2.33. The number of hydrogen-bond acceptors (Lipinski definition) is 5. The fourth-order valence-electron chi connectivity index (χ4n) is 4.06. The van der Waals surface area contributed by atoms with Crippen molar-refractivity contribution in [3.63, 3.8) is 0 Å². The Morgan fingerprint density at radius 2 is 1.68 bits per heavy atom. The fraction of sp³-hybridized carbons (Fsp3) is 0.600. The van der Waals surface area contributed by atoms with Gasteiger partial charge >= 0.3 is 10.1 Å². The van der Waals surface area contributed by atoms with Crippen LogP contribution in [0.15, 0.2) is 24.3 Å². The first-order chi connectivity index (χ1) is 14.2. The molecule has 1 heterocycles. The van der Waals surface area contributed by atoms with Crippen LogP contribution in [0.4, 0.5) is 0 Å². The molecule has 2 rings (SSSR count). The molecule has 0 spiro atoms. The average molecular weight is 467 g/mol. The SMILES string of the molecule is CCC(CC)(c1ccc(OS(C)(=O)=O)c(C)c1)c1cc(C)c(CCC(O)C(C)(C)C)s1. The number of benzene rings is 1. The van der Waals surface area contributed by atoms with Gasteiger partial charge in [-0.25, -0.2) is 0 Å². The second-order valence-electron chi connectivity index (χ2n) is 9.69. The molecule has 6 heteroatoms. The molecular formula is C25H38O4S2. The summed E-state index contributed by atoms with van der Waals surface area (Å²) in [6, 6.07) is 8.13. The van der Waals surface area contributed by atoms with E-state index in [0.29, 0.717) is 5.75 Å². The number of aliphatic hydroxyl groups is 1. The summed E-state index contributed by atoms with van der Waals surface area (Å²) in [7, 11) is -3.56. The molecule has 174 valence electrons. The highest BCUT2D eigenvalue weighted by molar-refractivity contribution is 7.86. The van der Waals surface area contributed by atoms with Gasteiger partial charge in [0.05, 0.1) is 12.4 Å². The van der Waals surface area contributed by atoms with Gasteiger partial charge in [-0.3, -0.25) is 0 Å². The molecule has 1 unspecified atom stereocenters. The zero-order valence-corrected chi connectivity index (χ0v) is 21.8. The van der Waals surface area contributed by atoms with Crippen LogP contribution in [0.3, 0.4) is 0 Å². The summed E-state index contributed by atoms with van der Waals surface area (Å²) in [6.07, 6.45) is 4.25. The van der Waals surface area contributed by atoms with Gasteiger partial charge in [-0.1, -0.05) is 46.8 Å². The first-order valence-electron chi connectivity index (χ1n) is 11.0. The van der Waals surface area contributed by atoms with E-state index in [4.69, 9.17) is 4.18 Å². The highest BCUT2D eigenvalue weighted by Crippen LogP contribution is 2.44. The molecule has 0 aliphatic carbocycles. The Morgan fingerprint density at radius 3 is 2.16 bits per heavy atom. The second-order valence-corrected chi connectivity index (χ2v) is 12.4. The van der Waals surface area contributed by atoms with Crippen LogP contribution >= 0.6 is 11.3 Å². The molecule has 1 aromatic heterocycles. The van der Waals surface area contributed by atoms with Gasteiger partial charge in [0.15, 0.2) is 0 Å². The van der Waals surface area contributed by atoms with E-state index in [2.05, 4.69) is 53.7 Å². The van der Waals surface area contributed by atoms with Crippen molar-refractivity contribution >= 4 is 21.5 Å². The molecule has 4 nitrogen and oxygen atoms in total. The van der Waals surface area contributed by atoms with Gasteiger partial charge in [-0.15, -0.1) is 11.3 Å². The average Bonchev–Trinajstić information content (AvgIpc) is 3.02. The van der Waals surface area contributed by atoms with Crippen molar-refractivity contribution in [3.05, 3.63) is 50.7 Å². The summed E-state index contributed by atoms with van der Waals surface area (Å²) in [5.41, 5.74) is 3.03. The van der Waals surface area contributed by atoms with Crippen LogP contribution < -0.4 is 4.18 Å². The molecule has 1 N–H and O–H groups in total. The minimum absolute atomic E-state index is 0.113. The van der Waals surface area contributed by atoms with Gasteiger partial charge in [-0.05, 0) is 73.8 Å². The van der Waals surface area contributed by atoms with Gasteiger partial charge < -0.3 is 9.29 Å². The maximum absolute atomic E-state index is 11.5. The molecular weight excluding hydrogens is 428 g/mol. The van der Waals surface area contributed by atoms with E-state index in [1.807, 2.05) is 24.3 Å². The van der Waals surface area contributed by atoms with Gasteiger partial charge in [0.1, 0.15) is 5.75 Å². The van der Waals surface area contributed by atoms with Crippen molar-refractivity contribution < 1.29 is 17.7 Å². The van der Waals surface area contributed by atoms with E-state index in [9.17, 15) is 13.5 Å². The summed E-state index contributed by atoms with van der Waals surface area (Å²) >= 11 is 1.84. The molecule has 2 aromatic rings. The monoisotopic (exact) mass is 466 g/mol. The Morgan fingerprint density at radius 1 is 1.06 bits per heavy atom. The molecule has 31 heavy (non-hydrogen) atoms. The lowest BCUT2D eigenvalue weighted by Gasteiger charge is -2.32. The lowest BCUT2D eigenvalue weighted by Crippen LogP contribution is -2.26. The zero-order chi connectivity index (χ0) is 23.6. The van der Waals surface area contributed by atoms with Crippen LogP contribution in [0.25, 0.3) is 0 Å². The molecule has 0 amide bonds. The molecule has 0 fully saturated rings. The summed E-state index contributed by atoms with van der Waals surface area (Å²) in [6.45, 7) is 14.7. The Balaban J connectivity index is 2.40. The fourth-order valence-corrected chi connectivity index (χ4v) is 6.11. The lowest BCUT2D eigenvalue weighted by atomic mass is 9.74. The maximum atomic E-state index is 11.5. The van der Waals surface area contributed by atoms with Gasteiger partial charge in [0.2, 0.25) is 0 Å². The molecule has 0 bridgehead atoms. The predicted octanol–water partition coefficient (Wildman–Crippen LogP) is 6.15. The molecule has 1 aromatic carbocycles. The van der Waals surface area contributed by atoms with Crippen LogP contribution in [-0.4, -0.2) is 25.9 Å². The third-order valence-electron chi connectivity index (χ3n) is 6.31. The van der Waals surface area contributed by atoms with Crippen LogP contribution in [0, 0.1) is 19.3 Å². The number of thiophene rings is 1. The van der Waals surface area contributed by atoms with Crippen molar-refractivity contribution in [2.75, 3.05) is 6.26 Å². The highest BCUT2D eigenvalue weighted by atomic mass is 32.2. The number of rotatable bonds is 9. The first kappa shape index (κ1) is 25.9.